The van der Waals surface area contributed by atoms with Crippen LogP contribution < -0.4 is 10.4 Å². The fourth-order valence-electron chi connectivity index (χ4n) is 0.549. The van der Waals surface area contributed by atoms with E-state index < -0.39 is 18.0 Å². The van der Waals surface area contributed by atoms with Gasteiger partial charge in [0.15, 0.2) is 10.8 Å². The number of anilines is 1. The van der Waals surface area contributed by atoms with Crippen molar-refractivity contribution < 1.29 is 23.1 Å². The number of halogens is 3. The Balaban J connectivity index is 2.81. The molecule has 0 bridgehead atoms. The van der Waals surface area contributed by atoms with Crippen LogP contribution in [0.15, 0.2) is 5.38 Å². The number of rotatable bonds is 1. The maximum atomic E-state index is 11.9. The Hall–Kier alpha value is -1.31. The minimum atomic E-state index is -4.55. The lowest BCUT2D eigenvalue weighted by atomic mass is 10.5. The molecule has 0 saturated heterocycles. The number of thiazole rings is 1. The Bertz CT molecular complexity index is 322. The summed E-state index contributed by atoms with van der Waals surface area (Å²) in [4.78, 5) is 12.9. The normalized spacial score (nSPS) is 11.3. The summed E-state index contributed by atoms with van der Waals surface area (Å²) < 4.78 is 35.7. The Kier molecular flexibility index (Phi) is 2.41. The summed E-state index contributed by atoms with van der Waals surface area (Å²) in [5.41, 5.74) is -1.12. The number of carbonyl (C=O) groups is 1. The second-order valence-electron chi connectivity index (χ2n) is 1.95. The van der Waals surface area contributed by atoms with Crippen molar-refractivity contribution in [2.45, 2.75) is 6.18 Å². The van der Waals surface area contributed by atoms with Gasteiger partial charge in [0.05, 0.1) is 0 Å². The number of hydrogen-bond donors (Lipinski definition) is 1. The molecule has 0 unspecified atom stereocenters. The lowest BCUT2D eigenvalue weighted by Crippen LogP contribution is -2.28. The van der Waals surface area contributed by atoms with Gasteiger partial charge >= 0.3 is 6.18 Å². The van der Waals surface area contributed by atoms with E-state index in [4.69, 9.17) is 0 Å². The summed E-state index contributed by atoms with van der Waals surface area (Å²) in [5, 5.41) is 11.9. The average molecular weight is 211 g/mol. The first kappa shape index (κ1) is 9.78. The summed E-state index contributed by atoms with van der Waals surface area (Å²) >= 11 is 0.542. The van der Waals surface area contributed by atoms with E-state index in [0.717, 1.165) is 0 Å². The molecule has 0 aromatic carbocycles. The second kappa shape index (κ2) is 3.21. The molecule has 72 valence electrons. The SMILES string of the molecule is O=C([O-])Nc1nc(C(F)(F)F)cs1. The molecule has 0 saturated carbocycles. The van der Waals surface area contributed by atoms with E-state index in [9.17, 15) is 23.1 Å². The Morgan fingerprint density at radius 1 is 1.62 bits per heavy atom. The van der Waals surface area contributed by atoms with Gasteiger partial charge in [-0.25, -0.2) is 4.98 Å². The van der Waals surface area contributed by atoms with Crippen molar-refractivity contribution in [2.75, 3.05) is 5.32 Å². The minimum absolute atomic E-state index is 0.354. The molecule has 0 atom stereocenters. The molecule has 1 heterocycles. The molecule has 0 fully saturated rings. The molecule has 0 aliphatic carbocycles. The molecule has 0 aliphatic heterocycles. The van der Waals surface area contributed by atoms with Crippen LogP contribution in [0, 0.1) is 0 Å². The monoisotopic (exact) mass is 211 g/mol. The Labute approximate surface area is 74.0 Å². The van der Waals surface area contributed by atoms with Gasteiger partial charge in [0.25, 0.3) is 0 Å². The summed E-state index contributed by atoms with van der Waals surface area (Å²) in [6, 6.07) is 0. The number of nitrogens with one attached hydrogen (secondary N) is 1. The predicted molar refractivity (Wildman–Crippen MR) is 36.1 cm³/mol. The predicted octanol–water partition coefficient (Wildman–Crippen LogP) is 0.917. The van der Waals surface area contributed by atoms with Gasteiger partial charge in [-0.2, -0.15) is 13.2 Å². The van der Waals surface area contributed by atoms with Crippen LogP contribution in [0.4, 0.5) is 23.1 Å². The number of nitrogens with zero attached hydrogens (tertiary/aromatic N) is 1. The van der Waals surface area contributed by atoms with E-state index in [1.54, 1.807) is 5.32 Å². The number of hydrogen-bond acceptors (Lipinski definition) is 4. The number of amides is 1. The molecule has 4 nitrogen and oxygen atoms in total. The highest BCUT2D eigenvalue weighted by atomic mass is 32.1. The van der Waals surface area contributed by atoms with Crippen molar-refractivity contribution in [2.24, 2.45) is 0 Å². The van der Waals surface area contributed by atoms with Gasteiger partial charge in [0.2, 0.25) is 0 Å². The van der Waals surface area contributed by atoms with Crippen LogP contribution >= 0.6 is 11.3 Å². The molecule has 1 rings (SSSR count). The third-order valence-electron chi connectivity index (χ3n) is 1.00. The fraction of sp³-hybridized carbons (Fsp3) is 0.200. The Morgan fingerprint density at radius 2 is 2.23 bits per heavy atom. The van der Waals surface area contributed by atoms with Crippen LogP contribution in [0.5, 0.6) is 0 Å². The van der Waals surface area contributed by atoms with E-state index in [1.165, 1.54) is 0 Å². The van der Waals surface area contributed by atoms with Crippen LogP contribution in [0.2, 0.25) is 0 Å². The van der Waals surface area contributed by atoms with Crippen molar-refractivity contribution in [3.05, 3.63) is 11.1 Å². The van der Waals surface area contributed by atoms with Crippen molar-refractivity contribution in [1.82, 2.24) is 4.98 Å². The lowest BCUT2D eigenvalue weighted by molar-refractivity contribution is -0.242. The van der Waals surface area contributed by atoms with E-state index in [1.807, 2.05) is 0 Å². The molecule has 1 amide bonds. The molecule has 8 heteroatoms. The van der Waals surface area contributed by atoms with E-state index in [2.05, 4.69) is 4.98 Å². The fourth-order valence-corrected chi connectivity index (χ4v) is 1.25. The van der Waals surface area contributed by atoms with Gasteiger partial charge < -0.3 is 15.2 Å². The van der Waals surface area contributed by atoms with E-state index in [0.29, 0.717) is 16.7 Å². The summed E-state index contributed by atoms with van der Waals surface area (Å²) in [7, 11) is 0. The summed E-state index contributed by atoms with van der Waals surface area (Å²) in [5.74, 6) is 0. The molecule has 0 spiro atoms. The zero-order valence-electron chi connectivity index (χ0n) is 5.88. The van der Waals surface area contributed by atoms with E-state index in [-0.39, 0.29) is 5.13 Å². The van der Waals surface area contributed by atoms with Gasteiger partial charge in [-0.05, 0) is 0 Å². The first-order valence-corrected chi connectivity index (χ1v) is 3.78. The number of alkyl halides is 3. The largest absolute Gasteiger partial charge is 0.530 e. The molecule has 1 N–H and O–H groups in total. The van der Waals surface area contributed by atoms with Crippen LogP contribution in [0.3, 0.4) is 0 Å². The number of carbonyl (C=O) groups excluding carboxylic acids is 1. The van der Waals surface area contributed by atoms with Crippen LogP contribution in [-0.2, 0) is 6.18 Å². The molecule has 1 aromatic heterocycles. The number of carboxylic acid groups (broad SMARTS) is 1. The third kappa shape index (κ3) is 2.58. The van der Waals surface area contributed by atoms with Crippen LogP contribution in [-0.4, -0.2) is 11.1 Å². The standard InChI is InChI=1S/C5H3F3N2O2S/c6-5(7,8)2-1-13-3(9-2)10-4(11)12/h1H,(H,9,10)(H,11,12)/p-1. The number of aromatic nitrogens is 1. The summed E-state index contributed by atoms with van der Waals surface area (Å²) in [6.45, 7) is 0. The average Bonchev–Trinajstić information content (AvgIpc) is 2.32. The molecule has 0 radical (unpaired) electrons. The lowest BCUT2D eigenvalue weighted by Gasteiger charge is -2.01. The zero-order chi connectivity index (χ0) is 10.1. The maximum Gasteiger partial charge on any atom is 0.434 e. The minimum Gasteiger partial charge on any atom is -0.530 e. The highest BCUT2D eigenvalue weighted by molar-refractivity contribution is 7.13. The van der Waals surface area contributed by atoms with Gasteiger partial charge in [0.1, 0.15) is 6.09 Å². The summed E-state index contributed by atoms with van der Waals surface area (Å²) in [6.07, 6.45) is -6.24. The second-order valence-corrected chi connectivity index (χ2v) is 2.81. The first-order chi connectivity index (χ1) is 5.89. The topological polar surface area (TPSA) is 65.0 Å². The van der Waals surface area contributed by atoms with Crippen molar-refractivity contribution in [3.63, 3.8) is 0 Å². The molecular formula is C5H2F3N2O2S-. The van der Waals surface area contributed by atoms with E-state index >= 15 is 0 Å². The smallest absolute Gasteiger partial charge is 0.434 e. The van der Waals surface area contributed by atoms with Crippen LogP contribution in [0.25, 0.3) is 0 Å². The van der Waals surface area contributed by atoms with Gasteiger partial charge in [-0.3, -0.25) is 0 Å². The Morgan fingerprint density at radius 3 is 2.62 bits per heavy atom. The third-order valence-corrected chi connectivity index (χ3v) is 1.76. The van der Waals surface area contributed by atoms with Crippen molar-refractivity contribution >= 4 is 22.6 Å². The highest BCUT2D eigenvalue weighted by Crippen LogP contribution is 2.31. The molecule has 1 aromatic rings. The zero-order valence-corrected chi connectivity index (χ0v) is 6.70. The van der Waals surface area contributed by atoms with Crippen LogP contribution in [0.1, 0.15) is 5.69 Å². The highest BCUT2D eigenvalue weighted by Gasteiger charge is 2.33. The quantitative estimate of drug-likeness (QED) is 0.751. The molecule has 13 heavy (non-hydrogen) atoms. The van der Waals surface area contributed by atoms with Gasteiger partial charge in [-0.1, -0.05) is 0 Å². The van der Waals surface area contributed by atoms with Crippen molar-refractivity contribution in [1.29, 1.82) is 0 Å². The van der Waals surface area contributed by atoms with Gasteiger partial charge in [0, 0.05) is 5.38 Å². The molecule has 0 aliphatic rings. The van der Waals surface area contributed by atoms with Crippen molar-refractivity contribution in [3.8, 4) is 0 Å². The maximum absolute atomic E-state index is 11.9. The first-order valence-electron chi connectivity index (χ1n) is 2.90. The molecular weight excluding hydrogens is 209 g/mol. The van der Waals surface area contributed by atoms with Gasteiger partial charge in [-0.15, -0.1) is 11.3 Å².